The van der Waals surface area contributed by atoms with Crippen molar-refractivity contribution in [2.75, 3.05) is 0 Å². The van der Waals surface area contributed by atoms with Crippen LogP contribution >= 0.6 is 0 Å². The van der Waals surface area contributed by atoms with Crippen LogP contribution in [0, 0.1) is 31.0 Å². The lowest BCUT2D eigenvalue weighted by Gasteiger charge is -2.22. The van der Waals surface area contributed by atoms with Crippen molar-refractivity contribution in [1.29, 1.82) is 5.26 Å². The predicted octanol–water partition coefficient (Wildman–Crippen LogP) is 5.11. The van der Waals surface area contributed by atoms with Crippen LogP contribution in [0.3, 0.4) is 0 Å². The topological polar surface area (TPSA) is 58.7 Å². The summed E-state index contributed by atoms with van der Waals surface area (Å²) in [7, 11) is 0. The van der Waals surface area contributed by atoms with Crippen molar-refractivity contribution in [3.05, 3.63) is 100 Å². The molecule has 1 atom stereocenters. The molecule has 4 aromatic rings. The highest BCUT2D eigenvalue weighted by molar-refractivity contribution is 5.96. The molecular weight excluding hydrogens is 365 g/mol. The molecule has 2 aromatic heterocycles. The van der Waals surface area contributed by atoms with Crippen molar-refractivity contribution in [1.82, 2.24) is 9.55 Å². The van der Waals surface area contributed by atoms with Crippen LogP contribution in [0.2, 0.25) is 0 Å². The van der Waals surface area contributed by atoms with Crippen LogP contribution in [-0.4, -0.2) is 15.8 Å². The van der Waals surface area contributed by atoms with E-state index >= 15 is 0 Å². The summed E-state index contributed by atoms with van der Waals surface area (Å²) in [6.07, 6.45) is 0.703. The Bertz CT molecular complexity index is 1250. The van der Waals surface area contributed by atoms with Gasteiger partial charge in [-0.3, -0.25) is 4.79 Å². The monoisotopic (exact) mass is 383 g/mol. The highest BCUT2D eigenvalue weighted by Gasteiger charge is 2.27. The zero-order chi connectivity index (χ0) is 20.5. The smallest absolute Gasteiger partial charge is 0.167 e. The van der Waals surface area contributed by atoms with E-state index in [1.165, 1.54) is 12.1 Å². The molecule has 29 heavy (non-hydrogen) atoms. The molecule has 0 saturated heterocycles. The van der Waals surface area contributed by atoms with E-state index in [0.29, 0.717) is 22.9 Å². The highest BCUT2D eigenvalue weighted by atomic mass is 19.1. The van der Waals surface area contributed by atoms with Gasteiger partial charge in [0.1, 0.15) is 23.2 Å². The van der Waals surface area contributed by atoms with Crippen LogP contribution in [-0.2, 0) is 0 Å². The van der Waals surface area contributed by atoms with E-state index in [2.05, 4.69) is 11.1 Å². The summed E-state index contributed by atoms with van der Waals surface area (Å²) in [6.45, 7) is 3.79. The summed E-state index contributed by atoms with van der Waals surface area (Å²) in [5.41, 5.74) is 4.52. The van der Waals surface area contributed by atoms with Gasteiger partial charge < -0.3 is 4.57 Å². The van der Waals surface area contributed by atoms with Crippen LogP contribution in [0.4, 0.5) is 4.39 Å². The third kappa shape index (κ3) is 3.09. The summed E-state index contributed by atoms with van der Waals surface area (Å²) >= 11 is 0. The van der Waals surface area contributed by atoms with Crippen molar-refractivity contribution in [3.63, 3.8) is 0 Å². The number of hydrogen-bond acceptors (Lipinski definition) is 3. The zero-order valence-electron chi connectivity index (χ0n) is 16.1. The maximum atomic E-state index is 13.6. The first-order chi connectivity index (χ1) is 14.0. The number of aromatic nitrogens is 2. The fraction of sp³-hybridized carbons (Fsp3) is 0.125. The number of pyridine rings is 1. The standard InChI is InChI=1S/C24H18FN3O/c1-15-12-16(2)27-24-22(15)20(13-26)21(14-29)28(24)23(17-6-4-3-5-7-17)18-8-10-19(25)11-9-18/h3-12,14,23H,1-2H3. The Morgan fingerprint density at radius 2 is 1.72 bits per heavy atom. The Kier molecular flexibility index (Phi) is 4.69. The van der Waals surface area contributed by atoms with Crippen molar-refractivity contribution in [2.45, 2.75) is 19.9 Å². The molecule has 0 radical (unpaired) electrons. The first kappa shape index (κ1) is 18.6. The number of aldehydes is 1. The van der Waals surface area contributed by atoms with E-state index in [4.69, 9.17) is 0 Å². The van der Waals surface area contributed by atoms with Gasteiger partial charge in [-0.1, -0.05) is 42.5 Å². The summed E-state index contributed by atoms with van der Waals surface area (Å²) < 4.78 is 15.4. The first-order valence-corrected chi connectivity index (χ1v) is 9.23. The number of benzene rings is 2. The quantitative estimate of drug-likeness (QED) is 0.460. The van der Waals surface area contributed by atoms with E-state index in [1.807, 2.05) is 50.2 Å². The summed E-state index contributed by atoms with van der Waals surface area (Å²) in [4.78, 5) is 16.8. The molecule has 0 amide bonds. The maximum absolute atomic E-state index is 13.6. The van der Waals surface area contributed by atoms with E-state index < -0.39 is 6.04 Å². The molecule has 142 valence electrons. The van der Waals surface area contributed by atoms with Crippen molar-refractivity contribution in [2.24, 2.45) is 0 Å². The Labute approximate surface area is 167 Å². The van der Waals surface area contributed by atoms with Gasteiger partial charge in [0.05, 0.1) is 11.6 Å². The normalized spacial score (nSPS) is 11.9. The van der Waals surface area contributed by atoms with Crippen LogP contribution in [0.5, 0.6) is 0 Å². The molecule has 0 N–H and O–H groups in total. The van der Waals surface area contributed by atoms with Gasteiger partial charge in [-0.25, -0.2) is 9.37 Å². The summed E-state index contributed by atoms with van der Waals surface area (Å²) in [5.74, 6) is -0.337. The molecule has 0 bridgehead atoms. The third-order valence-electron chi connectivity index (χ3n) is 5.10. The third-order valence-corrected chi connectivity index (χ3v) is 5.10. The van der Waals surface area contributed by atoms with Gasteiger partial charge in [-0.05, 0) is 48.7 Å². The molecule has 2 aromatic carbocycles. The lowest BCUT2D eigenvalue weighted by atomic mass is 9.98. The molecule has 0 aliphatic rings. The van der Waals surface area contributed by atoms with E-state index in [9.17, 15) is 14.4 Å². The van der Waals surface area contributed by atoms with Crippen LogP contribution in [0.15, 0.2) is 60.7 Å². The molecule has 0 aliphatic carbocycles. The Morgan fingerprint density at radius 3 is 2.34 bits per heavy atom. The van der Waals surface area contributed by atoms with E-state index in [-0.39, 0.29) is 11.5 Å². The molecule has 0 fully saturated rings. The predicted molar refractivity (Wildman–Crippen MR) is 109 cm³/mol. The van der Waals surface area contributed by atoms with Crippen LogP contribution in [0.1, 0.15) is 44.5 Å². The van der Waals surface area contributed by atoms with E-state index in [1.54, 1.807) is 16.7 Å². The number of hydrogen-bond donors (Lipinski definition) is 0. The van der Waals surface area contributed by atoms with Crippen LogP contribution in [0.25, 0.3) is 11.0 Å². The molecule has 0 saturated carbocycles. The molecule has 0 aliphatic heterocycles. The fourth-order valence-corrected chi connectivity index (χ4v) is 3.92. The summed E-state index contributed by atoms with van der Waals surface area (Å²) in [6, 6.07) is 19.5. The van der Waals surface area contributed by atoms with E-state index in [0.717, 1.165) is 22.4 Å². The van der Waals surface area contributed by atoms with Gasteiger partial charge in [0.2, 0.25) is 0 Å². The Hall–Kier alpha value is -3.78. The Balaban J connectivity index is 2.14. The maximum Gasteiger partial charge on any atom is 0.167 e. The number of nitrogens with zero attached hydrogens (tertiary/aromatic N) is 3. The van der Waals surface area contributed by atoms with Gasteiger partial charge in [0.25, 0.3) is 0 Å². The average Bonchev–Trinajstić information content (AvgIpc) is 3.04. The molecule has 4 rings (SSSR count). The average molecular weight is 383 g/mol. The van der Waals surface area contributed by atoms with Crippen molar-refractivity contribution in [3.8, 4) is 6.07 Å². The van der Waals surface area contributed by atoms with Gasteiger partial charge in [0, 0.05) is 11.1 Å². The largest absolute Gasteiger partial charge is 0.310 e. The van der Waals surface area contributed by atoms with Crippen molar-refractivity contribution < 1.29 is 9.18 Å². The Morgan fingerprint density at radius 1 is 1.07 bits per heavy atom. The lowest BCUT2D eigenvalue weighted by molar-refractivity contribution is 0.111. The number of nitriles is 1. The number of rotatable bonds is 4. The molecule has 0 spiro atoms. The van der Waals surface area contributed by atoms with Gasteiger partial charge in [0.15, 0.2) is 6.29 Å². The lowest BCUT2D eigenvalue weighted by Crippen LogP contribution is -2.16. The number of aryl methyl sites for hydroxylation is 2. The minimum atomic E-state index is -0.435. The molecular formula is C24H18FN3O. The molecule has 1 unspecified atom stereocenters. The second-order valence-electron chi connectivity index (χ2n) is 7.00. The first-order valence-electron chi connectivity index (χ1n) is 9.23. The van der Waals surface area contributed by atoms with Gasteiger partial charge in [-0.2, -0.15) is 5.26 Å². The zero-order valence-corrected chi connectivity index (χ0v) is 16.1. The minimum Gasteiger partial charge on any atom is -0.310 e. The summed E-state index contributed by atoms with van der Waals surface area (Å²) in [5, 5.41) is 10.5. The molecule has 2 heterocycles. The van der Waals surface area contributed by atoms with Crippen LogP contribution < -0.4 is 0 Å². The highest BCUT2D eigenvalue weighted by Crippen LogP contribution is 2.36. The van der Waals surface area contributed by atoms with Crippen molar-refractivity contribution >= 4 is 17.3 Å². The molecule has 4 nitrogen and oxygen atoms in total. The fourth-order valence-electron chi connectivity index (χ4n) is 3.92. The number of fused-ring (bicyclic) bond motifs is 1. The number of carbonyl (C=O) groups is 1. The second kappa shape index (κ2) is 7.33. The number of halogens is 1. The minimum absolute atomic E-state index is 0.266. The van der Waals surface area contributed by atoms with Gasteiger partial charge in [-0.15, -0.1) is 0 Å². The number of carbonyl (C=O) groups excluding carboxylic acids is 1. The SMILES string of the molecule is Cc1cc(C)c2c(C#N)c(C=O)n(C(c3ccccc3)c3ccc(F)cc3)c2n1. The second-order valence-corrected chi connectivity index (χ2v) is 7.00. The molecule has 5 heteroatoms. The van der Waals surface area contributed by atoms with Gasteiger partial charge >= 0.3 is 0 Å².